The molecule has 0 bridgehead atoms. The van der Waals surface area contributed by atoms with Crippen LogP contribution in [0.15, 0.2) is 36.4 Å². The molecule has 1 aliphatic rings. The number of hydrogen-bond acceptors (Lipinski definition) is 4. The minimum Gasteiger partial charge on any atom is -0.268 e. The molecule has 25 heavy (non-hydrogen) atoms. The predicted molar refractivity (Wildman–Crippen MR) is 75.6 cm³/mol. The van der Waals surface area contributed by atoms with E-state index in [0.29, 0.717) is 0 Å². The van der Waals surface area contributed by atoms with Gasteiger partial charge in [-0.15, -0.1) is 0 Å². The van der Waals surface area contributed by atoms with Gasteiger partial charge in [0.2, 0.25) is 5.82 Å². The van der Waals surface area contributed by atoms with Crippen molar-refractivity contribution in [2.24, 2.45) is 0 Å². The average molecular weight is 354 g/mol. The maximum Gasteiger partial charge on any atom is 0.416 e. The Morgan fingerprint density at radius 2 is 1.52 bits per heavy atom. The monoisotopic (exact) mass is 354 g/mol. The molecule has 0 saturated heterocycles. The lowest BCUT2D eigenvalue weighted by molar-refractivity contribution is -0.387. The fourth-order valence-electron chi connectivity index (χ4n) is 2.46. The predicted octanol–water partition coefficient (Wildman–Crippen LogP) is 3.55. The molecule has 10 heteroatoms. The number of hydrogen-bond donors (Lipinski definition) is 0. The van der Waals surface area contributed by atoms with Gasteiger partial charge in [-0.3, -0.25) is 19.7 Å². The summed E-state index contributed by atoms with van der Waals surface area (Å²) in [5, 5.41) is 10.9. The molecular formula is C15H6F4N2O4. The van der Waals surface area contributed by atoms with E-state index in [9.17, 15) is 37.3 Å². The first-order valence-electron chi connectivity index (χ1n) is 6.66. The number of fused-ring (bicyclic) bond motifs is 1. The van der Waals surface area contributed by atoms with Gasteiger partial charge in [-0.05, 0) is 18.2 Å². The maximum atomic E-state index is 14.4. The van der Waals surface area contributed by atoms with Crippen LogP contribution in [0.4, 0.5) is 28.9 Å². The van der Waals surface area contributed by atoms with Gasteiger partial charge in [-0.25, -0.2) is 4.90 Å². The number of nitro groups is 1. The first kappa shape index (κ1) is 16.6. The van der Waals surface area contributed by atoms with Gasteiger partial charge in [-0.1, -0.05) is 12.1 Å². The highest BCUT2D eigenvalue weighted by Crippen LogP contribution is 2.39. The molecule has 0 spiro atoms. The van der Waals surface area contributed by atoms with Crippen LogP contribution in [-0.4, -0.2) is 16.7 Å². The number of alkyl halides is 3. The number of anilines is 1. The zero-order valence-electron chi connectivity index (χ0n) is 12.0. The van der Waals surface area contributed by atoms with E-state index in [0.717, 1.165) is 0 Å². The number of amides is 2. The first-order chi connectivity index (χ1) is 11.6. The Labute approximate surface area is 136 Å². The summed E-state index contributed by atoms with van der Waals surface area (Å²) in [6.07, 6.45) is -5.04. The van der Waals surface area contributed by atoms with E-state index in [1.54, 1.807) is 0 Å². The van der Waals surface area contributed by atoms with E-state index in [1.807, 2.05) is 0 Å². The Balaban J connectivity index is 2.25. The van der Waals surface area contributed by atoms with Crippen LogP contribution in [0.25, 0.3) is 0 Å². The standard InChI is InChI=1S/C15H6F4N2O4/c16-12-10(5-7(15(17,18)19)6-11(12)21(24)25)20-13(22)8-3-1-2-4-9(8)14(20)23/h1-6H. The fraction of sp³-hybridized carbons (Fsp3) is 0.0667. The summed E-state index contributed by atoms with van der Waals surface area (Å²) in [6, 6.07) is 5.53. The number of imide groups is 1. The summed E-state index contributed by atoms with van der Waals surface area (Å²) in [5.41, 5.74) is -4.42. The molecule has 2 aromatic carbocycles. The molecule has 0 saturated carbocycles. The lowest BCUT2D eigenvalue weighted by atomic mass is 10.1. The number of carbonyl (C=O) groups excluding carboxylic acids is 2. The highest BCUT2D eigenvalue weighted by atomic mass is 19.4. The quantitative estimate of drug-likeness (QED) is 0.357. The van der Waals surface area contributed by atoms with E-state index in [4.69, 9.17) is 0 Å². The van der Waals surface area contributed by atoms with E-state index in [1.165, 1.54) is 24.3 Å². The molecule has 1 aliphatic heterocycles. The summed E-state index contributed by atoms with van der Waals surface area (Å²) >= 11 is 0. The van der Waals surface area contributed by atoms with Gasteiger partial charge in [0.25, 0.3) is 11.8 Å². The second-order valence-corrected chi connectivity index (χ2v) is 5.07. The highest BCUT2D eigenvalue weighted by molar-refractivity contribution is 6.34. The van der Waals surface area contributed by atoms with Gasteiger partial charge >= 0.3 is 11.9 Å². The summed E-state index contributed by atoms with van der Waals surface area (Å²) in [7, 11) is 0. The van der Waals surface area contributed by atoms with E-state index < -0.39 is 45.7 Å². The molecule has 3 rings (SSSR count). The van der Waals surface area contributed by atoms with Crippen LogP contribution in [0.5, 0.6) is 0 Å². The Morgan fingerprint density at radius 1 is 1.00 bits per heavy atom. The van der Waals surface area contributed by atoms with Gasteiger partial charge in [0, 0.05) is 6.07 Å². The van der Waals surface area contributed by atoms with Crippen LogP contribution in [0.1, 0.15) is 26.3 Å². The topological polar surface area (TPSA) is 80.5 Å². The third-order valence-corrected chi connectivity index (χ3v) is 3.59. The summed E-state index contributed by atoms with van der Waals surface area (Å²) in [5.74, 6) is -3.83. The summed E-state index contributed by atoms with van der Waals surface area (Å²) < 4.78 is 53.2. The molecular weight excluding hydrogens is 348 g/mol. The van der Waals surface area contributed by atoms with E-state index in [-0.39, 0.29) is 28.2 Å². The number of nitrogens with zero attached hydrogens (tertiary/aromatic N) is 2. The van der Waals surface area contributed by atoms with Crippen LogP contribution >= 0.6 is 0 Å². The average Bonchev–Trinajstić information content (AvgIpc) is 2.78. The largest absolute Gasteiger partial charge is 0.416 e. The smallest absolute Gasteiger partial charge is 0.268 e. The molecule has 1 heterocycles. The van der Waals surface area contributed by atoms with Crippen LogP contribution in [0.2, 0.25) is 0 Å². The van der Waals surface area contributed by atoms with Crippen molar-refractivity contribution in [2.75, 3.05) is 4.90 Å². The highest BCUT2D eigenvalue weighted by Gasteiger charge is 2.42. The van der Waals surface area contributed by atoms with Gasteiger partial charge in [0.15, 0.2) is 0 Å². The number of rotatable bonds is 2. The van der Waals surface area contributed by atoms with E-state index >= 15 is 0 Å². The Morgan fingerprint density at radius 3 is 1.96 bits per heavy atom. The molecule has 2 amide bonds. The molecule has 0 unspecified atom stereocenters. The first-order valence-corrected chi connectivity index (χ1v) is 6.66. The second kappa shape index (κ2) is 5.36. The second-order valence-electron chi connectivity index (χ2n) is 5.07. The molecule has 0 radical (unpaired) electrons. The van der Waals surface area contributed by atoms with Gasteiger partial charge in [-0.2, -0.15) is 17.6 Å². The molecule has 6 nitrogen and oxygen atoms in total. The molecule has 0 fully saturated rings. The van der Waals surface area contributed by atoms with Gasteiger partial charge in [0.05, 0.1) is 27.3 Å². The van der Waals surface area contributed by atoms with Crippen molar-refractivity contribution in [2.45, 2.75) is 6.18 Å². The molecule has 128 valence electrons. The van der Waals surface area contributed by atoms with Crippen molar-refractivity contribution >= 4 is 23.2 Å². The Bertz CT molecular complexity index is 905. The third kappa shape index (κ3) is 2.51. The maximum absolute atomic E-state index is 14.4. The van der Waals surface area contributed by atoms with Crippen LogP contribution in [0, 0.1) is 15.9 Å². The van der Waals surface area contributed by atoms with Gasteiger partial charge in [0.1, 0.15) is 0 Å². The molecule has 0 aromatic heterocycles. The Kier molecular flexibility index (Phi) is 3.55. The van der Waals surface area contributed by atoms with Gasteiger partial charge < -0.3 is 0 Å². The number of benzene rings is 2. The lowest BCUT2D eigenvalue weighted by Gasteiger charge is -2.17. The molecule has 0 atom stereocenters. The zero-order chi connectivity index (χ0) is 18.5. The van der Waals surface area contributed by atoms with Crippen molar-refractivity contribution in [3.63, 3.8) is 0 Å². The van der Waals surface area contributed by atoms with Crippen LogP contribution in [0.3, 0.4) is 0 Å². The SMILES string of the molecule is O=C1c2ccccc2C(=O)N1c1cc(C(F)(F)F)cc([N+](=O)[O-])c1F. The normalized spacial score (nSPS) is 14.0. The zero-order valence-corrected chi connectivity index (χ0v) is 12.0. The van der Waals surface area contributed by atoms with Crippen molar-refractivity contribution in [3.8, 4) is 0 Å². The van der Waals surface area contributed by atoms with E-state index in [2.05, 4.69) is 0 Å². The van der Waals surface area contributed by atoms with Crippen molar-refractivity contribution in [3.05, 3.63) is 69.0 Å². The third-order valence-electron chi connectivity index (χ3n) is 3.59. The van der Waals surface area contributed by atoms with Crippen molar-refractivity contribution < 1.29 is 32.1 Å². The molecule has 2 aromatic rings. The fourth-order valence-corrected chi connectivity index (χ4v) is 2.46. The lowest BCUT2D eigenvalue weighted by Crippen LogP contribution is -2.31. The van der Waals surface area contributed by atoms with Crippen LogP contribution < -0.4 is 4.90 Å². The number of nitro benzene ring substituents is 1. The summed E-state index contributed by atoms with van der Waals surface area (Å²) in [4.78, 5) is 34.3. The minimum absolute atomic E-state index is 0.0109. The molecule has 0 aliphatic carbocycles. The van der Waals surface area contributed by atoms with Crippen LogP contribution in [-0.2, 0) is 6.18 Å². The minimum atomic E-state index is -5.04. The Hall–Kier alpha value is -3.30. The summed E-state index contributed by atoms with van der Waals surface area (Å²) in [6.45, 7) is 0. The number of halogens is 4. The van der Waals surface area contributed by atoms with Crippen molar-refractivity contribution in [1.82, 2.24) is 0 Å². The number of carbonyl (C=O) groups is 2. The molecule has 0 N–H and O–H groups in total. The van der Waals surface area contributed by atoms with Crippen molar-refractivity contribution in [1.29, 1.82) is 0 Å².